The molecule has 1 rings (SSSR count). The van der Waals surface area contributed by atoms with Gasteiger partial charge in [0, 0.05) is 0 Å². The van der Waals surface area contributed by atoms with Crippen LogP contribution in [-0.4, -0.2) is 17.1 Å². The first kappa shape index (κ1) is 12.7. The number of rotatable bonds is 1. The van der Waals surface area contributed by atoms with Crippen molar-refractivity contribution < 1.29 is 5.11 Å². The van der Waals surface area contributed by atoms with Crippen molar-refractivity contribution >= 4 is 22.9 Å². The first-order valence-corrected chi connectivity index (χ1v) is 5.80. The van der Waals surface area contributed by atoms with E-state index < -0.39 is 5.38 Å². The van der Waals surface area contributed by atoms with Crippen molar-refractivity contribution in [3.05, 3.63) is 21.9 Å². The fraction of sp³-hybridized carbons (Fsp3) is 0.231. The minimum atomic E-state index is -0.511. The molecule has 1 atom stereocenters. The number of thiophene rings is 1. The fourth-order valence-corrected chi connectivity index (χ4v) is 1.60. The summed E-state index contributed by atoms with van der Waals surface area (Å²) in [5.74, 6) is 16.6. The predicted octanol–water partition coefficient (Wildman–Crippen LogP) is 2.07. The van der Waals surface area contributed by atoms with Gasteiger partial charge in [-0.05, 0) is 36.8 Å². The third kappa shape index (κ3) is 4.43. The topological polar surface area (TPSA) is 20.2 Å². The highest BCUT2D eigenvalue weighted by Crippen LogP contribution is 2.13. The summed E-state index contributed by atoms with van der Waals surface area (Å²) in [6.45, 7) is 1.61. The molecule has 0 spiro atoms. The third-order valence-electron chi connectivity index (χ3n) is 1.49. The maximum absolute atomic E-state index is 8.69. The highest BCUT2D eigenvalue weighted by molar-refractivity contribution is 7.13. The van der Waals surface area contributed by atoms with Crippen molar-refractivity contribution in [2.75, 3.05) is 6.61 Å². The normalized spacial score (nSPS) is 9.94. The molecule has 1 aromatic rings. The monoisotopic (exact) mass is 248 g/mol. The van der Waals surface area contributed by atoms with Crippen LogP contribution in [0.15, 0.2) is 12.1 Å². The highest BCUT2D eigenvalue weighted by atomic mass is 35.5. The highest BCUT2D eigenvalue weighted by Gasteiger charge is 1.96. The van der Waals surface area contributed by atoms with Crippen LogP contribution in [0.5, 0.6) is 0 Å². The molecule has 0 radical (unpaired) electrons. The van der Waals surface area contributed by atoms with E-state index in [0.717, 1.165) is 9.75 Å². The second-order valence-electron chi connectivity index (χ2n) is 2.71. The molecule has 1 N–H and O–H groups in total. The molecular formula is C13H9ClOS. The summed E-state index contributed by atoms with van der Waals surface area (Å²) in [5, 5.41) is 8.18. The molecule has 1 heterocycles. The van der Waals surface area contributed by atoms with E-state index in [0.29, 0.717) is 0 Å². The van der Waals surface area contributed by atoms with Gasteiger partial charge in [0.25, 0.3) is 0 Å². The smallest absolute Gasteiger partial charge is 0.118 e. The Hall–Kier alpha value is -1.37. The Labute approximate surface area is 104 Å². The molecule has 0 aliphatic heterocycles. The molecule has 0 amide bonds. The zero-order valence-electron chi connectivity index (χ0n) is 8.67. The Balaban J connectivity index is 2.74. The molecule has 0 bridgehead atoms. The van der Waals surface area contributed by atoms with Crippen molar-refractivity contribution in [1.82, 2.24) is 0 Å². The molecule has 0 aromatic carbocycles. The van der Waals surface area contributed by atoms with Gasteiger partial charge in [0.1, 0.15) is 5.38 Å². The van der Waals surface area contributed by atoms with Crippen molar-refractivity contribution in [2.24, 2.45) is 0 Å². The molecule has 16 heavy (non-hydrogen) atoms. The van der Waals surface area contributed by atoms with E-state index in [-0.39, 0.29) is 6.61 Å². The van der Waals surface area contributed by atoms with Gasteiger partial charge in [-0.1, -0.05) is 17.8 Å². The van der Waals surface area contributed by atoms with Crippen LogP contribution in [-0.2, 0) is 0 Å². The quantitative estimate of drug-likeness (QED) is 0.596. The summed E-state index contributed by atoms with van der Waals surface area (Å²) in [7, 11) is 0. The zero-order chi connectivity index (χ0) is 11.8. The lowest BCUT2D eigenvalue weighted by atomic mass is 10.4. The van der Waals surface area contributed by atoms with E-state index in [1.165, 1.54) is 11.3 Å². The summed E-state index contributed by atoms with van der Waals surface area (Å²) >= 11 is 7.14. The van der Waals surface area contributed by atoms with Crippen LogP contribution in [0.4, 0.5) is 0 Å². The predicted molar refractivity (Wildman–Crippen MR) is 68.3 cm³/mol. The first-order valence-electron chi connectivity index (χ1n) is 4.55. The molecule has 1 nitrogen and oxygen atoms in total. The van der Waals surface area contributed by atoms with Gasteiger partial charge < -0.3 is 5.11 Å². The second kappa shape index (κ2) is 7.00. The number of alkyl halides is 1. The first-order chi connectivity index (χ1) is 7.76. The second-order valence-corrected chi connectivity index (χ2v) is 4.32. The Morgan fingerprint density at radius 1 is 1.31 bits per heavy atom. The van der Waals surface area contributed by atoms with Crippen molar-refractivity contribution in [2.45, 2.75) is 12.3 Å². The van der Waals surface area contributed by atoms with Crippen molar-refractivity contribution in [1.29, 1.82) is 0 Å². The van der Waals surface area contributed by atoms with Gasteiger partial charge in [-0.3, -0.25) is 0 Å². The molecular weight excluding hydrogens is 240 g/mol. The Morgan fingerprint density at radius 3 is 2.62 bits per heavy atom. The standard InChI is InChI=1S/C13H9ClOS/c1-2-3-4-5-12-8-9-13(16-12)7-6-11(14)10-15/h8-9,11,15H,10H2,1H3. The summed E-state index contributed by atoms with van der Waals surface area (Å²) in [6.07, 6.45) is 0. The summed E-state index contributed by atoms with van der Waals surface area (Å²) in [6, 6.07) is 3.77. The average molecular weight is 249 g/mol. The molecule has 1 aromatic heterocycles. The Bertz CT molecular complexity index is 525. The largest absolute Gasteiger partial charge is 0.394 e. The zero-order valence-corrected chi connectivity index (χ0v) is 10.2. The van der Waals surface area contributed by atoms with Gasteiger partial charge in [-0.25, -0.2) is 0 Å². The lowest BCUT2D eigenvalue weighted by molar-refractivity contribution is 0.307. The molecule has 0 saturated carbocycles. The minimum Gasteiger partial charge on any atom is -0.394 e. The number of hydrogen-bond acceptors (Lipinski definition) is 2. The van der Waals surface area contributed by atoms with Crippen LogP contribution in [0.3, 0.4) is 0 Å². The van der Waals surface area contributed by atoms with Crippen molar-refractivity contribution in [3.8, 4) is 35.5 Å². The molecule has 0 aliphatic rings. The van der Waals surface area contributed by atoms with E-state index in [1.807, 2.05) is 12.1 Å². The van der Waals surface area contributed by atoms with E-state index in [4.69, 9.17) is 16.7 Å². The van der Waals surface area contributed by atoms with E-state index in [2.05, 4.69) is 35.5 Å². The number of aliphatic hydroxyl groups excluding tert-OH is 1. The summed E-state index contributed by atoms with van der Waals surface area (Å²) < 4.78 is 0. The minimum absolute atomic E-state index is 0.140. The summed E-state index contributed by atoms with van der Waals surface area (Å²) in [4.78, 5) is 1.80. The summed E-state index contributed by atoms with van der Waals surface area (Å²) in [5.41, 5.74) is 0. The van der Waals surface area contributed by atoms with Crippen LogP contribution in [0.1, 0.15) is 16.7 Å². The number of hydrogen-bond donors (Lipinski definition) is 1. The van der Waals surface area contributed by atoms with Gasteiger partial charge in [-0.15, -0.1) is 22.9 Å². The number of aliphatic hydroxyl groups is 1. The van der Waals surface area contributed by atoms with E-state index >= 15 is 0 Å². The number of halogens is 1. The van der Waals surface area contributed by atoms with Crippen LogP contribution in [0.2, 0.25) is 0 Å². The third-order valence-corrected chi connectivity index (χ3v) is 2.65. The van der Waals surface area contributed by atoms with E-state index in [1.54, 1.807) is 6.92 Å². The van der Waals surface area contributed by atoms with E-state index in [9.17, 15) is 0 Å². The fourth-order valence-electron chi connectivity index (χ4n) is 0.823. The lowest BCUT2D eigenvalue weighted by Gasteiger charge is -1.89. The van der Waals surface area contributed by atoms with Crippen LogP contribution < -0.4 is 0 Å². The maximum Gasteiger partial charge on any atom is 0.118 e. The van der Waals surface area contributed by atoms with Gasteiger partial charge in [0.05, 0.1) is 16.4 Å². The van der Waals surface area contributed by atoms with Crippen LogP contribution in [0, 0.1) is 35.5 Å². The van der Waals surface area contributed by atoms with Crippen LogP contribution in [0.25, 0.3) is 0 Å². The molecule has 0 fully saturated rings. The lowest BCUT2D eigenvalue weighted by Crippen LogP contribution is -1.99. The van der Waals surface area contributed by atoms with Gasteiger partial charge >= 0.3 is 0 Å². The van der Waals surface area contributed by atoms with Gasteiger partial charge in [-0.2, -0.15) is 0 Å². The maximum atomic E-state index is 8.69. The molecule has 3 heteroatoms. The molecule has 1 unspecified atom stereocenters. The Kier molecular flexibility index (Phi) is 5.55. The molecule has 0 saturated heterocycles. The molecule has 0 aliphatic carbocycles. The average Bonchev–Trinajstić information content (AvgIpc) is 2.74. The Morgan fingerprint density at radius 2 is 2.00 bits per heavy atom. The van der Waals surface area contributed by atoms with Crippen molar-refractivity contribution in [3.63, 3.8) is 0 Å². The SMILES string of the molecule is CC#CC#Cc1ccc(C#CC(Cl)CO)s1. The van der Waals surface area contributed by atoms with Gasteiger partial charge in [0.2, 0.25) is 0 Å². The molecule has 80 valence electrons. The van der Waals surface area contributed by atoms with Crippen LogP contribution >= 0.6 is 22.9 Å². The van der Waals surface area contributed by atoms with Gasteiger partial charge in [0.15, 0.2) is 0 Å².